The maximum absolute atomic E-state index is 5.98. The molecule has 1 saturated carbocycles. The summed E-state index contributed by atoms with van der Waals surface area (Å²) in [5, 5.41) is 2.12. The first-order valence-electron chi connectivity index (χ1n) is 7.31. The smallest absolute Gasteiger partial charge is 0.127 e. The van der Waals surface area contributed by atoms with Crippen LogP contribution in [0.3, 0.4) is 0 Å². The topological polar surface area (TPSA) is 38.5 Å². The second kappa shape index (κ2) is 6.00. The number of hydrogen-bond donors (Lipinski definition) is 1. The maximum atomic E-state index is 5.98. The summed E-state index contributed by atoms with van der Waals surface area (Å²) in [6.45, 7) is 1.65. The van der Waals surface area contributed by atoms with Gasteiger partial charge in [-0.3, -0.25) is 0 Å². The van der Waals surface area contributed by atoms with E-state index in [1.165, 1.54) is 12.8 Å². The van der Waals surface area contributed by atoms with E-state index in [-0.39, 0.29) is 0 Å². The van der Waals surface area contributed by atoms with Gasteiger partial charge in [0, 0.05) is 23.5 Å². The third-order valence-electron chi connectivity index (χ3n) is 4.02. The molecule has 0 radical (unpaired) electrons. The third kappa shape index (κ3) is 3.17. The number of thiocarbonyl (C=S) groups is 1. The predicted octanol–water partition coefficient (Wildman–Crippen LogP) is 2.95. The molecular weight excluding hydrogens is 280 g/mol. The van der Waals surface area contributed by atoms with E-state index in [0.717, 1.165) is 34.7 Å². The molecule has 0 heterocycles. The minimum atomic E-state index is 0.422. The highest BCUT2D eigenvalue weighted by atomic mass is 32.1. The second-order valence-electron chi connectivity index (χ2n) is 5.58. The van der Waals surface area contributed by atoms with Crippen molar-refractivity contribution in [3.05, 3.63) is 42.0 Å². The number of nitrogens with two attached hydrogens (primary N) is 1. The first-order chi connectivity index (χ1) is 10.2. The van der Waals surface area contributed by atoms with Crippen molar-refractivity contribution in [3.8, 4) is 5.75 Å². The van der Waals surface area contributed by atoms with Crippen molar-refractivity contribution in [1.82, 2.24) is 4.90 Å². The Balaban J connectivity index is 1.78. The number of likely N-dealkylation sites (N-methyl/N-ethyl adjacent to an activating group) is 1. The van der Waals surface area contributed by atoms with Crippen molar-refractivity contribution in [1.29, 1.82) is 0 Å². The van der Waals surface area contributed by atoms with Crippen molar-refractivity contribution in [2.24, 2.45) is 5.73 Å². The molecule has 2 aromatic rings. The highest BCUT2D eigenvalue weighted by Crippen LogP contribution is 2.29. The van der Waals surface area contributed by atoms with Gasteiger partial charge in [-0.1, -0.05) is 36.5 Å². The Morgan fingerprint density at radius 3 is 2.62 bits per heavy atom. The summed E-state index contributed by atoms with van der Waals surface area (Å²) in [6, 6.07) is 12.8. The van der Waals surface area contributed by atoms with Gasteiger partial charge in [-0.25, -0.2) is 0 Å². The van der Waals surface area contributed by atoms with Crippen LogP contribution < -0.4 is 10.5 Å². The lowest BCUT2D eigenvalue weighted by molar-refractivity contribution is 0.233. The second-order valence-corrected chi connectivity index (χ2v) is 6.02. The van der Waals surface area contributed by atoms with E-state index in [2.05, 4.69) is 18.0 Å². The van der Waals surface area contributed by atoms with Crippen LogP contribution in [0.5, 0.6) is 5.75 Å². The first kappa shape index (κ1) is 14.3. The fraction of sp³-hybridized carbons (Fsp3) is 0.353. The molecule has 0 aromatic heterocycles. The molecule has 3 nitrogen and oxygen atoms in total. The monoisotopic (exact) mass is 300 g/mol. The van der Waals surface area contributed by atoms with Gasteiger partial charge in [0.05, 0.1) is 0 Å². The quantitative estimate of drug-likeness (QED) is 0.833. The van der Waals surface area contributed by atoms with Crippen LogP contribution in [0.2, 0.25) is 0 Å². The van der Waals surface area contributed by atoms with E-state index >= 15 is 0 Å². The van der Waals surface area contributed by atoms with Crippen LogP contribution in [0.1, 0.15) is 18.4 Å². The van der Waals surface area contributed by atoms with Gasteiger partial charge in [0.25, 0.3) is 0 Å². The van der Waals surface area contributed by atoms with Crippen molar-refractivity contribution in [2.45, 2.75) is 18.9 Å². The minimum Gasteiger partial charge on any atom is -0.492 e. The minimum absolute atomic E-state index is 0.422. The number of nitrogens with zero attached hydrogens (tertiary/aromatic N) is 1. The van der Waals surface area contributed by atoms with Crippen LogP contribution in [-0.4, -0.2) is 36.1 Å². The predicted molar refractivity (Wildman–Crippen MR) is 91.0 cm³/mol. The number of hydrogen-bond acceptors (Lipinski definition) is 3. The zero-order chi connectivity index (χ0) is 14.8. The third-order valence-corrected chi connectivity index (χ3v) is 4.24. The zero-order valence-electron chi connectivity index (χ0n) is 12.2. The first-order valence-corrected chi connectivity index (χ1v) is 7.72. The summed E-state index contributed by atoms with van der Waals surface area (Å²) < 4.78 is 5.98. The van der Waals surface area contributed by atoms with Gasteiger partial charge in [0.1, 0.15) is 17.3 Å². The van der Waals surface area contributed by atoms with Crippen LogP contribution in [0, 0.1) is 0 Å². The highest BCUT2D eigenvalue weighted by molar-refractivity contribution is 7.80. The molecule has 0 spiro atoms. The Morgan fingerprint density at radius 1 is 1.24 bits per heavy atom. The largest absolute Gasteiger partial charge is 0.492 e. The molecule has 2 aromatic carbocycles. The van der Waals surface area contributed by atoms with Crippen molar-refractivity contribution in [3.63, 3.8) is 0 Å². The molecule has 0 unspecified atom stereocenters. The standard InChI is InChI=1S/C17H20N2OS/c1-19(12-6-7-12)10-11-20-16-9-8-15(17(18)21)13-4-2-3-5-14(13)16/h2-5,8-9,12H,6-7,10-11H2,1H3,(H2,18,21). The number of fused-ring (bicyclic) bond motifs is 1. The zero-order valence-corrected chi connectivity index (χ0v) is 13.0. The average molecular weight is 300 g/mol. The van der Waals surface area contributed by atoms with Gasteiger partial charge in [-0.2, -0.15) is 0 Å². The molecule has 21 heavy (non-hydrogen) atoms. The van der Waals surface area contributed by atoms with E-state index in [0.29, 0.717) is 11.6 Å². The van der Waals surface area contributed by atoms with Crippen LogP contribution in [0.4, 0.5) is 0 Å². The summed E-state index contributed by atoms with van der Waals surface area (Å²) in [6.07, 6.45) is 2.64. The number of benzene rings is 2. The normalized spacial score (nSPS) is 14.6. The molecule has 0 aliphatic heterocycles. The van der Waals surface area contributed by atoms with Crippen LogP contribution in [0.15, 0.2) is 36.4 Å². The molecule has 4 heteroatoms. The molecule has 0 bridgehead atoms. The lowest BCUT2D eigenvalue weighted by Gasteiger charge is -2.17. The molecular formula is C17H20N2OS. The Kier molecular flexibility index (Phi) is 4.08. The molecule has 0 amide bonds. The molecule has 1 aliphatic rings. The number of ether oxygens (including phenoxy) is 1. The lowest BCUT2D eigenvalue weighted by Crippen LogP contribution is -2.26. The van der Waals surface area contributed by atoms with Gasteiger partial charge in [0.2, 0.25) is 0 Å². The SMILES string of the molecule is CN(CCOc1ccc(C(N)=S)c2ccccc12)C1CC1. The van der Waals surface area contributed by atoms with Crippen molar-refractivity contribution >= 4 is 28.0 Å². The van der Waals surface area contributed by atoms with E-state index in [9.17, 15) is 0 Å². The van der Waals surface area contributed by atoms with Gasteiger partial charge in [-0.15, -0.1) is 0 Å². The van der Waals surface area contributed by atoms with Gasteiger partial charge in [0.15, 0.2) is 0 Å². The van der Waals surface area contributed by atoms with Gasteiger partial charge in [-0.05, 0) is 37.4 Å². The molecule has 1 fully saturated rings. The Hall–Kier alpha value is -1.65. The lowest BCUT2D eigenvalue weighted by atomic mass is 10.0. The molecule has 0 atom stereocenters. The van der Waals surface area contributed by atoms with Crippen LogP contribution in [-0.2, 0) is 0 Å². The van der Waals surface area contributed by atoms with E-state index in [4.69, 9.17) is 22.7 Å². The van der Waals surface area contributed by atoms with Gasteiger partial charge >= 0.3 is 0 Å². The molecule has 3 rings (SSSR count). The van der Waals surface area contributed by atoms with Crippen molar-refractivity contribution < 1.29 is 4.74 Å². The Morgan fingerprint density at radius 2 is 1.95 bits per heavy atom. The van der Waals surface area contributed by atoms with Crippen LogP contribution >= 0.6 is 12.2 Å². The van der Waals surface area contributed by atoms with E-state index in [1.807, 2.05) is 30.3 Å². The van der Waals surface area contributed by atoms with Crippen molar-refractivity contribution in [2.75, 3.05) is 20.2 Å². The summed E-state index contributed by atoms with van der Waals surface area (Å²) in [7, 11) is 2.16. The molecule has 2 N–H and O–H groups in total. The molecule has 0 saturated heterocycles. The van der Waals surface area contributed by atoms with Gasteiger partial charge < -0.3 is 15.4 Å². The summed E-state index contributed by atoms with van der Waals surface area (Å²) >= 11 is 5.12. The molecule has 110 valence electrons. The number of rotatable bonds is 6. The van der Waals surface area contributed by atoms with E-state index < -0.39 is 0 Å². The summed E-state index contributed by atoms with van der Waals surface area (Å²) in [5.74, 6) is 0.898. The Bertz CT molecular complexity index is 667. The van der Waals surface area contributed by atoms with E-state index in [1.54, 1.807) is 0 Å². The summed E-state index contributed by atoms with van der Waals surface area (Å²) in [4.78, 5) is 2.79. The highest BCUT2D eigenvalue weighted by Gasteiger charge is 2.25. The molecule has 1 aliphatic carbocycles. The fourth-order valence-electron chi connectivity index (χ4n) is 2.61. The van der Waals surface area contributed by atoms with Crippen LogP contribution in [0.25, 0.3) is 10.8 Å². The maximum Gasteiger partial charge on any atom is 0.127 e. The average Bonchev–Trinajstić information content (AvgIpc) is 3.31. The Labute approximate surface area is 130 Å². The fourth-order valence-corrected chi connectivity index (χ4v) is 2.79. The summed E-state index contributed by atoms with van der Waals surface area (Å²) in [5.41, 5.74) is 6.70.